The standard InChI is InChI=1S/C28H25FN4O2/c1-33-18-30-17-26(33)28(34,25-10-6-7-13-31-25)20-11-12-23-22(15-20)27(35-2)21(24(16-29)32-23)14-19-8-4-3-5-9-19/h3-13,15,17-18,34H,14,16H2,1-2H3. The second-order valence-electron chi connectivity index (χ2n) is 8.41. The molecule has 2 aromatic carbocycles. The molecule has 5 rings (SSSR count). The SMILES string of the molecule is COc1c(Cc2ccccc2)c(CF)nc2ccc(C(O)(c3ccccn3)c3cncn3C)cc12. The van der Waals surface area contributed by atoms with Gasteiger partial charge >= 0.3 is 0 Å². The van der Waals surface area contributed by atoms with Crippen molar-refractivity contribution in [2.45, 2.75) is 18.7 Å². The van der Waals surface area contributed by atoms with Gasteiger partial charge in [-0.05, 0) is 35.4 Å². The van der Waals surface area contributed by atoms with Gasteiger partial charge in [-0.25, -0.2) is 14.4 Å². The first-order valence-corrected chi connectivity index (χ1v) is 11.3. The number of aromatic nitrogens is 4. The van der Waals surface area contributed by atoms with Crippen molar-refractivity contribution < 1.29 is 14.2 Å². The average Bonchev–Trinajstić information content (AvgIpc) is 3.35. The molecule has 6 nitrogen and oxygen atoms in total. The normalized spacial score (nSPS) is 13.0. The highest BCUT2D eigenvalue weighted by Crippen LogP contribution is 2.39. The highest BCUT2D eigenvalue weighted by molar-refractivity contribution is 5.88. The van der Waals surface area contributed by atoms with E-state index >= 15 is 0 Å². The number of methoxy groups -OCH3 is 1. The van der Waals surface area contributed by atoms with Gasteiger partial charge in [0.25, 0.3) is 0 Å². The van der Waals surface area contributed by atoms with E-state index in [9.17, 15) is 9.50 Å². The number of imidazole rings is 1. The van der Waals surface area contributed by atoms with Crippen molar-refractivity contribution in [3.8, 4) is 5.75 Å². The number of aliphatic hydroxyl groups is 1. The summed E-state index contributed by atoms with van der Waals surface area (Å²) >= 11 is 0. The van der Waals surface area contributed by atoms with Crippen molar-refractivity contribution in [3.63, 3.8) is 0 Å². The fraction of sp³-hybridized carbons (Fsp3) is 0.179. The van der Waals surface area contributed by atoms with Gasteiger partial charge in [0.05, 0.1) is 42.2 Å². The molecule has 35 heavy (non-hydrogen) atoms. The Labute approximate surface area is 202 Å². The summed E-state index contributed by atoms with van der Waals surface area (Å²) in [5.74, 6) is 0.543. The molecule has 176 valence electrons. The average molecular weight is 469 g/mol. The maximum atomic E-state index is 14.1. The summed E-state index contributed by atoms with van der Waals surface area (Å²) in [6.07, 6.45) is 5.38. The van der Waals surface area contributed by atoms with Crippen LogP contribution in [0.5, 0.6) is 5.75 Å². The number of halogens is 1. The predicted molar refractivity (Wildman–Crippen MR) is 132 cm³/mol. The van der Waals surface area contributed by atoms with E-state index in [-0.39, 0.29) is 0 Å². The topological polar surface area (TPSA) is 73.1 Å². The lowest BCUT2D eigenvalue weighted by atomic mass is 9.85. The maximum absolute atomic E-state index is 14.1. The minimum absolute atomic E-state index is 0.345. The molecule has 3 heterocycles. The highest BCUT2D eigenvalue weighted by atomic mass is 19.1. The fourth-order valence-corrected chi connectivity index (χ4v) is 4.58. The van der Waals surface area contributed by atoms with Gasteiger partial charge in [0.1, 0.15) is 12.4 Å². The zero-order valence-electron chi connectivity index (χ0n) is 19.5. The van der Waals surface area contributed by atoms with E-state index in [0.29, 0.717) is 51.3 Å². The minimum atomic E-state index is -1.58. The van der Waals surface area contributed by atoms with Gasteiger partial charge in [0, 0.05) is 30.6 Å². The molecule has 0 fully saturated rings. The summed E-state index contributed by atoms with van der Waals surface area (Å²) in [7, 11) is 3.40. The van der Waals surface area contributed by atoms with Crippen molar-refractivity contribution in [2.24, 2.45) is 7.05 Å². The molecule has 0 saturated heterocycles. The molecule has 0 aliphatic heterocycles. The number of rotatable bonds is 7. The third-order valence-corrected chi connectivity index (χ3v) is 6.31. The Hall–Kier alpha value is -4.10. The monoisotopic (exact) mass is 468 g/mol. The van der Waals surface area contributed by atoms with E-state index < -0.39 is 12.3 Å². The summed E-state index contributed by atoms with van der Waals surface area (Å²) in [5, 5.41) is 12.9. The van der Waals surface area contributed by atoms with E-state index in [2.05, 4.69) is 15.0 Å². The van der Waals surface area contributed by atoms with Crippen molar-refractivity contribution >= 4 is 10.9 Å². The lowest BCUT2D eigenvalue weighted by Crippen LogP contribution is -2.32. The molecule has 1 atom stereocenters. The van der Waals surface area contributed by atoms with E-state index in [1.165, 1.54) is 0 Å². The zero-order valence-corrected chi connectivity index (χ0v) is 19.5. The fourth-order valence-electron chi connectivity index (χ4n) is 4.58. The number of ether oxygens (including phenoxy) is 1. The first kappa shape index (κ1) is 22.7. The number of nitrogens with zero attached hydrogens (tertiary/aromatic N) is 4. The van der Waals surface area contributed by atoms with E-state index in [0.717, 1.165) is 5.56 Å². The predicted octanol–water partition coefficient (Wildman–Crippen LogP) is 4.72. The van der Waals surface area contributed by atoms with Gasteiger partial charge in [-0.15, -0.1) is 0 Å². The molecule has 1 N–H and O–H groups in total. The molecule has 3 aromatic heterocycles. The van der Waals surface area contributed by atoms with Crippen LogP contribution in [0.1, 0.15) is 33.8 Å². The van der Waals surface area contributed by atoms with Gasteiger partial charge in [0.15, 0.2) is 5.60 Å². The molecule has 5 aromatic rings. The lowest BCUT2D eigenvalue weighted by Gasteiger charge is -2.29. The molecule has 0 amide bonds. The van der Waals surface area contributed by atoms with Crippen LogP contribution < -0.4 is 4.74 Å². The number of hydrogen-bond acceptors (Lipinski definition) is 5. The van der Waals surface area contributed by atoms with Crippen LogP contribution in [0, 0.1) is 0 Å². The minimum Gasteiger partial charge on any atom is -0.496 e. The Bertz CT molecular complexity index is 1470. The molecule has 0 bridgehead atoms. The van der Waals surface area contributed by atoms with Crippen LogP contribution in [0.15, 0.2) is 85.5 Å². The molecule has 0 aliphatic carbocycles. The molecule has 1 unspecified atom stereocenters. The van der Waals surface area contributed by atoms with Crippen LogP contribution >= 0.6 is 0 Å². The third-order valence-electron chi connectivity index (χ3n) is 6.31. The van der Waals surface area contributed by atoms with Crippen molar-refractivity contribution in [1.82, 2.24) is 19.5 Å². The zero-order chi connectivity index (χ0) is 24.4. The molecular weight excluding hydrogens is 443 g/mol. The summed E-state index contributed by atoms with van der Waals surface area (Å²) in [5.41, 5.74) is 2.66. The maximum Gasteiger partial charge on any atom is 0.173 e. The summed E-state index contributed by atoms with van der Waals surface area (Å²) in [6.45, 7) is -0.705. The summed E-state index contributed by atoms with van der Waals surface area (Å²) in [6, 6.07) is 20.6. The second-order valence-corrected chi connectivity index (χ2v) is 8.41. The van der Waals surface area contributed by atoms with Gasteiger partial charge in [0.2, 0.25) is 0 Å². The summed E-state index contributed by atoms with van der Waals surface area (Å²) in [4.78, 5) is 13.3. The number of benzene rings is 2. The Balaban J connectivity index is 1.75. The van der Waals surface area contributed by atoms with E-state index in [1.54, 1.807) is 54.7 Å². The van der Waals surface area contributed by atoms with Crippen LogP contribution in [0.4, 0.5) is 4.39 Å². The number of fused-ring (bicyclic) bond motifs is 1. The third kappa shape index (κ3) is 3.94. The van der Waals surface area contributed by atoms with Gasteiger partial charge in [-0.2, -0.15) is 0 Å². The second kappa shape index (κ2) is 9.27. The van der Waals surface area contributed by atoms with E-state index in [1.807, 2.05) is 49.5 Å². The van der Waals surface area contributed by atoms with Crippen LogP contribution in [-0.2, 0) is 25.7 Å². The van der Waals surface area contributed by atoms with Crippen LogP contribution in [0.3, 0.4) is 0 Å². The molecule has 7 heteroatoms. The Morgan fingerprint density at radius 1 is 1.06 bits per heavy atom. The van der Waals surface area contributed by atoms with Gasteiger partial charge in [-0.1, -0.05) is 42.5 Å². The summed E-state index contributed by atoms with van der Waals surface area (Å²) < 4.78 is 21.7. The largest absolute Gasteiger partial charge is 0.496 e. The van der Waals surface area contributed by atoms with E-state index in [4.69, 9.17) is 4.74 Å². The van der Waals surface area contributed by atoms with Gasteiger partial charge in [-0.3, -0.25) is 4.98 Å². The smallest absolute Gasteiger partial charge is 0.173 e. The van der Waals surface area contributed by atoms with Crippen LogP contribution in [0.2, 0.25) is 0 Å². The van der Waals surface area contributed by atoms with Crippen molar-refractivity contribution in [3.05, 3.63) is 119 Å². The Morgan fingerprint density at radius 2 is 1.86 bits per heavy atom. The van der Waals surface area contributed by atoms with Crippen molar-refractivity contribution in [1.29, 1.82) is 0 Å². The van der Waals surface area contributed by atoms with Gasteiger partial charge < -0.3 is 14.4 Å². The molecule has 0 saturated carbocycles. The first-order chi connectivity index (χ1) is 17.1. The number of aryl methyl sites for hydroxylation is 1. The molecule has 0 aliphatic rings. The quantitative estimate of drug-likeness (QED) is 0.374. The number of alkyl halides is 1. The molecule has 0 spiro atoms. The highest BCUT2D eigenvalue weighted by Gasteiger charge is 2.38. The first-order valence-electron chi connectivity index (χ1n) is 11.3. The van der Waals surface area contributed by atoms with Crippen molar-refractivity contribution in [2.75, 3.05) is 7.11 Å². The molecule has 0 radical (unpaired) electrons. The number of pyridine rings is 2. The lowest BCUT2D eigenvalue weighted by molar-refractivity contribution is 0.113. The Morgan fingerprint density at radius 3 is 2.51 bits per heavy atom. The van der Waals surface area contributed by atoms with Crippen LogP contribution in [0.25, 0.3) is 10.9 Å². The molecular formula is C28H25FN4O2. The Kier molecular flexibility index (Phi) is 6.01. The van der Waals surface area contributed by atoms with Crippen LogP contribution in [-0.4, -0.2) is 31.7 Å². The number of hydrogen-bond donors (Lipinski definition) is 1.